The van der Waals surface area contributed by atoms with Gasteiger partial charge in [-0.1, -0.05) is 0 Å². The molecule has 0 bridgehead atoms. The van der Waals surface area contributed by atoms with Crippen LogP contribution in [0.25, 0.3) is 0 Å². The van der Waals surface area contributed by atoms with E-state index in [1.54, 1.807) is 19.0 Å². The van der Waals surface area contributed by atoms with Crippen LogP contribution in [0.1, 0.15) is 17.0 Å². The van der Waals surface area contributed by atoms with Gasteiger partial charge in [-0.25, -0.2) is 13.2 Å². The number of rotatable bonds is 2. The highest BCUT2D eigenvalue weighted by Gasteiger charge is 2.48. The average molecular weight is 369 g/mol. The summed E-state index contributed by atoms with van der Waals surface area (Å²) in [5.41, 5.74) is 3.23. The zero-order chi connectivity index (χ0) is 18.5. The zero-order valence-electron chi connectivity index (χ0n) is 15.6. The van der Waals surface area contributed by atoms with Crippen LogP contribution >= 0.6 is 0 Å². The molecule has 0 radical (unpaired) electrons. The molecule has 2 atom stereocenters. The van der Waals surface area contributed by atoms with Crippen molar-refractivity contribution in [3.05, 3.63) is 17.0 Å². The van der Waals surface area contributed by atoms with E-state index in [-0.39, 0.29) is 29.6 Å². The van der Waals surface area contributed by atoms with E-state index < -0.39 is 9.84 Å². The Morgan fingerprint density at radius 2 is 1.84 bits per heavy atom. The minimum Gasteiger partial charge on any atom is -0.331 e. The molecule has 3 heterocycles. The molecule has 1 aromatic rings. The summed E-state index contributed by atoms with van der Waals surface area (Å²) >= 11 is 0. The van der Waals surface area contributed by atoms with E-state index >= 15 is 0 Å². The first-order valence-electron chi connectivity index (χ1n) is 8.52. The van der Waals surface area contributed by atoms with E-state index in [1.165, 1.54) is 4.90 Å². The van der Waals surface area contributed by atoms with Crippen molar-refractivity contribution in [3.63, 3.8) is 0 Å². The predicted octanol–water partition coefficient (Wildman–Crippen LogP) is 0.00174. The molecular formula is C16H27N5O3S. The van der Waals surface area contributed by atoms with Gasteiger partial charge in [-0.15, -0.1) is 0 Å². The summed E-state index contributed by atoms with van der Waals surface area (Å²) in [6.45, 7) is 5.91. The highest BCUT2D eigenvalue weighted by Crippen LogP contribution is 2.29. The first kappa shape index (κ1) is 18.2. The molecule has 0 N–H and O–H groups in total. The Hall–Kier alpha value is -1.61. The van der Waals surface area contributed by atoms with Gasteiger partial charge < -0.3 is 9.80 Å². The van der Waals surface area contributed by atoms with Crippen molar-refractivity contribution in [3.8, 4) is 0 Å². The normalized spacial score (nSPS) is 25.9. The Morgan fingerprint density at radius 1 is 1.20 bits per heavy atom. The first-order valence-corrected chi connectivity index (χ1v) is 10.3. The molecule has 2 aliphatic heterocycles. The molecule has 0 aliphatic carbocycles. The van der Waals surface area contributed by atoms with Crippen molar-refractivity contribution >= 4 is 15.9 Å². The fourth-order valence-corrected chi connectivity index (χ4v) is 5.98. The maximum atomic E-state index is 12.5. The largest absolute Gasteiger partial charge is 0.331 e. The lowest BCUT2D eigenvalue weighted by atomic mass is 10.0. The van der Waals surface area contributed by atoms with E-state index in [0.29, 0.717) is 19.6 Å². The molecule has 2 fully saturated rings. The van der Waals surface area contributed by atoms with Gasteiger partial charge in [0.1, 0.15) is 0 Å². The minimum atomic E-state index is -3.14. The molecule has 0 aromatic carbocycles. The third-order valence-corrected chi connectivity index (χ3v) is 7.14. The molecule has 0 saturated carbocycles. The molecule has 1 aromatic heterocycles. The van der Waals surface area contributed by atoms with Gasteiger partial charge in [0.2, 0.25) is 0 Å². The number of aryl methyl sites for hydroxylation is 2. The van der Waals surface area contributed by atoms with Crippen molar-refractivity contribution in [1.29, 1.82) is 0 Å². The number of sulfone groups is 1. The summed E-state index contributed by atoms with van der Waals surface area (Å²) in [6, 6.07) is -0.534. The second-order valence-corrected chi connectivity index (χ2v) is 9.48. The minimum absolute atomic E-state index is 0.0543. The summed E-state index contributed by atoms with van der Waals surface area (Å²) in [5.74, 6) is 0.173. The number of nitrogens with zero attached hydrogens (tertiary/aromatic N) is 5. The van der Waals surface area contributed by atoms with Crippen molar-refractivity contribution in [2.45, 2.75) is 32.5 Å². The van der Waals surface area contributed by atoms with Crippen LogP contribution in [0.4, 0.5) is 4.79 Å². The van der Waals surface area contributed by atoms with Crippen molar-refractivity contribution in [2.75, 3.05) is 38.7 Å². The van der Waals surface area contributed by atoms with E-state index in [4.69, 9.17) is 0 Å². The number of fused-ring (bicyclic) bond motifs is 1. The number of aromatic nitrogens is 2. The lowest BCUT2D eigenvalue weighted by Crippen LogP contribution is -2.61. The van der Waals surface area contributed by atoms with Crippen LogP contribution in [-0.2, 0) is 23.4 Å². The van der Waals surface area contributed by atoms with Crippen LogP contribution in [-0.4, -0.2) is 89.7 Å². The summed E-state index contributed by atoms with van der Waals surface area (Å²) in [7, 11) is 2.19. The lowest BCUT2D eigenvalue weighted by Gasteiger charge is -2.44. The Kier molecular flexibility index (Phi) is 4.57. The lowest BCUT2D eigenvalue weighted by molar-refractivity contribution is 0.0518. The molecule has 2 aliphatic rings. The van der Waals surface area contributed by atoms with Crippen LogP contribution in [0.3, 0.4) is 0 Å². The van der Waals surface area contributed by atoms with Crippen molar-refractivity contribution < 1.29 is 13.2 Å². The number of urea groups is 1. The maximum absolute atomic E-state index is 12.5. The number of carbonyl (C=O) groups excluding carboxylic acids is 1. The fourth-order valence-electron chi connectivity index (χ4n) is 3.96. The molecule has 0 spiro atoms. The maximum Gasteiger partial charge on any atom is 0.319 e. The highest BCUT2D eigenvalue weighted by molar-refractivity contribution is 7.91. The van der Waals surface area contributed by atoms with Crippen LogP contribution in [0.5, 0.6) is 0 Å². The molecule has 9 heteroatoms. The molecule has 8 nitrogen and oxygen atoms in total. The summed E-state index contributed by atoms with van der Waals surface area (Å²) in [6.07, 6.45) is 0. The Morgan fingerprint density at radius 3 is 2.40 bits per heavy atom. The Labute approximate surface area is 149 Å². The van der Waals surface area contributed by atoms with E-state index in [9.17, 15) is 13.2 Å². The Balaban J connectivity index is 1.87. The zero-order valence-corrected chi connectivity index (χ0v) is 16.4. The summed E-state index contributed by atoms with van der Waals surface area (Å²) in [4.78, 5) is 17.9. The van der Waals surface area contributed by atoms with Gasteiger partial charge in [0, 0.05) is 58.1 Å². The summed E-state index contributed by atoms with van der Waals surface area (Å²) < 4.78 is 26.4. The third-order valence-electron chi connectivity index (χ3n) is 5.44. The second-order valence-electron chi connectivity index (χ2n) is 7.33. The summed E-state index contributed by atoms with van der Waals surface area (Å²) in [5, 5.41) is 4.46. The average Bonchev–Trinajstić information content (AvgIpc) is 2.96. The molecule has 3 rings (SSSR count). The van der Waals surface area contributed by atoms with Gasteiger partial charge in [0.15, 0.2) is 9.84 Å². The Bertz CT molecular complexity index is 786. The quantitative estimate of drug-likeness (QED) is 0.733. The van der Waals surface area contributed by atoms with Gasteiger partial charge in [0.05, 0.1) is 23.2 Å². The SMILES string of the molecule is Cc1nn(C)c(C)c1CN1CCN(C(=O)N(C)C)[C@H]2CS(=O)(=O)C[C@H]21. The fraction of sp³-hybridized carbons (Fsp3) is 0.750. The number of hydrogen-bond acceptors (Lipinski definition) is 5. The molecule has 140 valence electrons. The van der Waals surface area contributed by atoms with Crippen molar-refractivity contribution in [2.24, 2.45) is 7.05 Å². The van der Waals surface area contributed by atoms with Crippen LogP contribution in [0.2, 0.25) is 0 Å². The predicted molar refractivity (Wildman–Crippen MR) is 95.1 cm³/mol. The highest BCUT2D eigenvalue weighted by atomic mass is 32.2. The topological polar surface area (TPSA) is 78.8 Å². The molecule has 25 heavy (non-hydrogen) atoms. The number of amides is 2. The monoisotopic (exact) mass is 369 g/mol. The van der Waals surface area contributed by atoms with E-state index in [1.807, 2.05) is 25.6 Å². The van der Waals surface area contributed by atoms with Crippen LogP contribution < -0.4 is 0 Å². The number of hydrogen-bond donors (Lipinski definition) is 0. The van der Waals surface area contributed by atoms with Crippen molar-refractivity contribution in [1.82, 2.24) is 24.5 Å². The molecule has 2 saturated heterocycles. The van der Waals surface area contributed by atoms with Crippen LogP contribution in [0, 0.1) is 13.8 Å². The number of carbonyl (C=O) groups is 1. The molecular weight excluding hydrogens is 342 g/mol. The van der Waals surface area contributed by atoms with Gasteiger partial charge in [0.25, 0.3) is 0 Å². The smallest absolute Gasteiger partial charge is 0.319 e. The molecule has 0 unspecified atom stereocenters. The van der Waals surface area contributed by atoms with E-state index in [0.717, 1.165) is 17.0 Å². The van der Waals surface area contributed by atoms with E-state index in [2.05, 4.69) is 10.00 Å². The molecule has 2 amide bonds. The van der Waals surface area contributed by atoms with Gasteiger partial charge in [-0.3, -0.25) is 9.58 Å². The van der Waals surface area contributed by atoms with Gasteiger partial charge >= 0.3 is 6.03 Å². The third kappa shape index (κ3) is 3.27. The first-order chi connectivity index (χ1) is 11.6. The van der Waals surface area contributed by atoms with Crippen LogP contribution in [0.15, 0.2) is 0 Å². The second kappa shape index (κ2) is 6.28. The van der Waals surface area contributed by atoms with Gasteiger partial charge in [-0.05, 0) is 13.8 Å². The van der Waals surface area contributed by atoms with Gasteiger partial charge in [-0.2, -0.15) is 5.10 Å². The number of piperazine rings is 1. The standard InChI is InChI=1S/C16H27N5O3S/c1-11-13(12(2)19(5)17-11)8-20-6-7-21(16(22)18(3)4)15-10-25(23,24)9-14(15)20/h14-15H,6-10H2,1-5H3/t14-,15+/m1/s1.